The summed E-state index contributed by atoms with van der Waals surface area (Å²) in [5.41, 5.74) is 0. The van der Waals surface area contributed by atoms with Crippen LogP contribution in [-0.4, -0.2) is 109 Å². The fourth-order valence-electron chi connectivity index (χ4n) is 1.84. The van der Waals surface area contributed by atoms with Gasteiger partial charge in [-0.1, -0.05) is 0 Å². The standard InChI is InChI=1S/C16H34O3S7/c17-1-5-21-9-10-26-16(12-23-7-3-19)14-24-13-15(25-8-4-20)11-22-6-2-18/h15-20H,1-14H2. The Kier molecular flexibility index (Phi) is 25.7. The van der Waals surface area contributed by atoms with Crippen molar-refractivity contribution in [1.29, 1.82) is 0 Å². The topological polar surface area (TPSA) is 60.7 Å². The molecule has 0 aromatic carbocycles. The lowest BCUT2D eigenvalue weighted by molar-refractivity contribution is 0.322. The van der Waals surface area contributed by atoms with Crippen LogP contribution in [0, 0.1) is 0 Å². The Morgan fingerprint density at radius 3 is 1.50 bits per heavy atom. The van der Waals surface area contributed by atoms with Gasteiger partial charge < -0.3 is 15.3 Å². The molecular formula is C16H34O3S7. The van der Waals surface area contributed by atoms with E-state index in [1.165, 1.54) is 0 Å². The molecule has 0 heterocycles. The fraction of sp³-hybridized carbons (Fsp3) is 1.00. The van der Waals surface area contributed by atoms with Crippen LogP contribution < -0.4 is 0 Å². The summed E-state index contributed by atoms with van der Waals surface area (Å²) in [6.07, 6.45) is 0. The molecule has 0 radical (unpaired) electrons. The Morgan fingerprint density at radius 1 is 0.538 bits per heavy atom. The molecule has 158 valence electrons. The minimum absolute atomic E-state index is 0.256. The molecule has 0 spiro atoms. The summed E-state index contributed by atoms with van der Waals surface area (Å²) in [6, 6.07) is 0. The first-order chi connectivity index (χ1) is 12.8. The number of aliphatic hydroxyl groups is 3. The molecule has 0 fully saturated rings. The minimum atomic E-state index is 0.256. The van der Waals surface area contributed by atoms with Crippen LogP contribution in [0.15, 0.2) is 0 Å². The van der Waals surface area contributed by atoms with E-state index in [-0.39, 0.29) is 19.8 Å². The Morgan fingerprint density at radius 2 is 1.00 bits per heavy atom. The maximum absolute atomic E-state index is 9.00. The Balaban J connectivity index is 4.11. The van der Waals surface area contributed by atoms with Gasteiger partial charge in [0.25, 0.3) is 0 Å². The predicted octanol–water partition coefficient (Wildman–Crippen LogP) is 3.03. The Labute approximate surface area is 190 Å². The molecule has 2 unspecified atom stereocenters. The number of thioether (sulfide) groups is 6. The van der Waals surface area contributed by atoms with Crippen molar-refractivity contribution in [2.45, 2.75) is 10.5 Å². The van der Waals surface area contributed by atoms with E-state index < -0.39 is 0 Å². The average molecular weight is 499 g/mol. The van der Waals surface area contributed by atoms with Crippen LogP contribution in [0.2, 0.25) is 0 Å². The van der Waals surface area contributed by atoms with Gasteiger partial charge in [0.05, 0.1) is 19.8 Å². The highest BCUT2D eigenvalue weighted by atomic mass is 32.2. The second kappa shape index (κ2) is 23.6. The summed E-state index contributed by atoms with van der Waals surface area (Å²) in [7, 11) is 0. The van der Waals surface area contributed by atoms with Crippen molar-refractivity contribution < 1.29 is 15.3 Å². The lowest BCUT2D eigenvalue weighted by Crippen LogP contribution is -2.17. The maximum Gasteiger partial charge on any atom is 0.0521 e. The quantitative estimate of drug-likeness (QED) is 0.141. The van der Waals surface area contributed by atoms with Gasteiger partial charge in [-0.3, -0.25) is 0 Å². The molecule has 10 heteroatoms. The monoisotopic (exact) mass is 498 g/mol. The van der Waals surface area contributed by atoms with E-state index >= 15 is 0 Å². The number of hydrogen-bond acceptors (Lipinski definition) is 10. The van der Waals surface area contributed by atoms with Crippen LogP contribution in [0.5, 0.6) is 0 Å². The minimum Gasteiger partial charge on any atom is -0.396 e. The van der Waals surface area contributed by atoms with Gasteiger partial charge >= 0.3 is 0 Å². The molecule has 26 heavy (non-hydrogen) atoms. The summed E-state index contributed by atoms with van der Waals surface area (Å²) >= 11 is 15.9. The van der Waals surface area contributed by atoms with Crippen molar-refractivity contribution in [3.8, 4) is 0 Å². The molecule has 0 aliphatic carbocycles. The van der Waals surface area contributed by atoms with Crippen LogP contribution in [0.3, 0.4) is 0 Å². The van der Waals surface area contributed by atoms with Gasteiger partial charge in [-0.05, 0) is 5.75 Å². The summed E-state index contributed by atoms with van der Waals surface area (Å²) in [5, 5.41) is 28.0. The smallest absolute Gasteiger partial charge is 0.0521 e. The Bertz CT molecular complexity index is 278. The van der Waals surface area contributed by atoms with Gasteiger partial charge in [-0.2, -0.15) is 83.2 Å². The molecule has 0 saturated carbocycles. The number of rotatable bonds is 21. The third kappa shape index (κ3) is 19.6. The third-order valence-electron chi connectivity index (χ3n) is 2.95. The molecule has 0 aliphatic rings. The Hall–Kier alpha value is 2.33. The summed E-state index contributed by atoms with van der Waals surface area (Å²) in [4.78, 5) is 0. The SMILES string of the molecule is OCCSCCSC(CSCCO)CSCC(CSCCO)SCCS. The maximum atomic E-state index is 9.00. The molecule has 0 aromatic rings. The highest BCUT2D eigenvalue weighted by molar-refractivity contribution is 8.07. The molecule has 0 saturated heterocycles. The van der Waals surface area contributed by atoms with Crippen LogP contribution in [0.1, 0.15) is 0 Å². The van der Waals surface area contributed by atoms with Gasteiger partial charge in [0, 0.05) is 68.0 Å². The molecule has 3 nitrogen and oxygen atoms in total. The highest BCUT2D eigenvalue weighted by Crippen LogP contribution is 2.26. The van der Waals surface area contributed by atoms with Crippen molar-refractivity contribution in [2.75, 3.05) is 83.1 Å². The van der Waals surface area contributed by atoms with E-state index in [0.29, 0.717) is 10.5 Å². The molecular weight excluding hydrogens is 465 g/mol. The molecule has 0 bridgehead atoms. The van der Waals surface area contributed by atoms with E-state index in [9.17, 15) is 0 Å². The van der Waals surface area contributed by atoms with E-state index in [4.69, 9.17) is 15.3 Å². The van der Waals surface area contributed by atoms with Gasteiger partial charge in [0.15, 0.2) is 0 Å². The van der Waals surface area contributed by atoms with Crippen molar-refractivity contribution >= 4 is 83.2 Å². The van der Waals surface area contributed by atoms with Gasteiger partial charge in [0.1, 0.15) is 0 Å². The first kappa shape index (κ1) is 28.3. The normalized spacial score (nSPS) is 13.8. The van der Waals surface area contributed by atoms with E-state index in [1.54, 1.807) is 0 Å². The van der Waals surface area contributed by atoms with Gasteiger partial charge in [-0.25, -0.2) is 0 Å². The third-order valence-corrected chi connectivity index (χ3v) is 11.5. The second-order valence-corrected chi connectivity index (χ2v) is 13.0. The van der Waals surface area contributed by atoms with E-state index in [2.05, 4.69) is 12.6 Å². The number of thiol groups is 1. The molecule has 0 aliphatic heterocycles. The van der Waals surface area contributed by atoms with Crippen LogP contribution in [-0.2, 0) is 0 Å². The molecule has 3 N–H and O–H groups in total. The van der Waals surface area contributed by atoms with Crippen LogP contribution in [0.25, 0.3) is 0 Å². The summed E-state index contributed by atoms with van der Waals surface area (Å²) in [5.74, 6) is 11.2. The number of aliphatic hydroxyl groups excluding tert-OH is 3. The van der Waals surface area contributed by atoms with Gasteiger partial charge in [-0.15, -0.1) is 0 Å². The molecule has 0 rings (SSSR count). The van der Waals surface area contributed by atoms with Crippen molar-refractivity contribution in [2.24, 2.45) is 0 Å². The molecule has 0 aromatic heterocycles. The predicted molar refractivity (Wildman–Crippen MR) is 137 cm³/mol. The van der Waals surface area contributed by atoms with Crippen molar-refractivity contribution in [3.05, 3.63) is 0 Å². The number of hydrogen-bond donors (Lipinski definition) is 4. The van der Waals surface area contributed by atoms with Crippen LogP contribution >= 0.6 is 83.2 Å². The second-order valence-electron chi connectivity index (χ2n) is 5.18. The summed E-state index contributed by atoms with van der Waals surface area (Å²) in [6.45, 7) is 0.781. The molecule has 0 amide bonds. The van der Waals surface area contributed by atoms with E-state index in [1.807, 2.05) is 70.6 Å². The van der Waals surface area contributed by atoms with Crippen LogP contribution in [0.4, 0.5) is 0 Å². The summed E-state index contributed by atoms with van der Waals surface area (Å²) < 4.78 is 0. The largest absolute Gasteiger partial charge is 0.396 e. The first-order valence-electron chi connectivity index (χ1n) is 8.76. The average Bonchev–Trinajstić information content (AvgIpc) is 2.65. The first-order valence-corrected chi connectivity index (χ1v) is 16.1. The van der Waals surface area contributed by atoms with Gasteiger partial charge in [0.2, 0.25) is 0 Å². The zero-order valence-electron chi connectivity index (χ0n) is 15.3. The molecule has 2 atom stereocenters. The zero-order valence-corrected chi connectivity index (χ0v) is 21.1. The lowest BCUT2D eigenvalue weighted by Gasteiger charge is -2.19. The van der Waals surface area contributed by atoms with Crippen molar-refractivity contribution in [1.82, 2.24) is 0 Å². The highest BCUT2D eigenvalue weighted by Gasteiger charge is 2.14. The zero-order chi connectivity index (χ0) is 19.3. The lowest BCUT2D eigenvalue weighted by atomic mass is 10.5. The van der Waals surface area contributed by atoms with Crippen molar-refractivity contribution in [3.63, 3.8) is 0 Å². The van der Waals surface area contributed by atoms with E-state index in [0.717, 1.165) is 63.3 Å². The fourth-order valence-corrected chi connectivity index (χ4v) is 9.36.